The van der Waals surface area contributed by atoms with E-state index in [1.165, 1.54) is 11.5 Å². The summed E-state index contributed by atoms with van der Waals surface area (Å²) in [5, 5.41) is 11.0. The molecule has 0 amide bonds. The number of hydrogen-bond donors (Lipinski definition) is 1. The van der Waals surface area contributed by atoms with Gasteiger partial charge in [0.05, 0.1) is 5.60 Å². The summed E-state index contributed by atoms with van der Waals surface area (Å²) in [6.07, 6.45) is 0. The summed E-state index contributed by atoms with van der Waals surface area (Å²) >= 11 is 1.47. The van der Waals surface area contributed by atoms with Crippen molar-refractivity contribution in [2.75, 3.05) is 31.1 Å². The van der Waals surface area contributed by atoms with Gasteiger partial charge in [-0.3, -0.25) is 4.90 Å². The van der Waals surface area contributed by atoms with Crippen molar-refractivity contribution in [2.24, 2.45) is 0 Å². The average molecular weight is 332 g/mol. The quantitative estimate of drug-likeness (QED) is 0.932. The molecule has 124 valence electrons. The van der Waals surface area contributed by atoms with Crippen LogP contribution in [0.2, 0.25) is 0 Å². The molecule has 5 nitrogen and oxygen atoms in total. The van der Waals surface area contributed by atoms with Gasteiger partial charge in [0.15, 0.2) is 5.82 Å². The van der Waals surface area contributed by atoms with E-state index >= 15 is 0 Å². The van der Waals surface area contributed by atoms with Gasteiger partial charge in [-0.2, -0.15) is 9.36 Å². The molecule has 0 aliphatic carbocycles. The van der Waals surface area contributed by atoms with Gasteiger partial charge in [-0.25, -0.2) is 0 Å². The van der Waals surface area contributed by atoms with E-state index in [1.807, 2.05) is 44.2 Å². The Bertz CT molecular complexity index is 638. The molecule has 1 unspecified atom stereocenters. The van der Waals surface area contributed by atoms with E-state index in [0.29, 0.717) is 12.6 Å². The van der Waals surface area contributed by atoms with Crippen molar-refractivity contribution >= 4 is 16.7 Å². The van der Waals surface area contributed by atoms with Gasteiger partial charge >= 0.3 is 0 Å². The highest BCUT2D eigenvalue weighted by molar-refractivity contribution is 7.09. The van der Waals surface area contributed by atoms with Crippen molar-refractivity contribution in [3.05, 3.63) is 30.3 Å². The van der Waals surface area contributed by atoms with Crippen LogP contribution >= 0.6 is 11.5 Å². The lowest BCUT2D eigenvalue weighted by atomic mass is 10.1. The standard InChI is InChI=1S/C17H24N4OS/c1-13-11-20(12-17(2,3)22)9-10-21(13)16-18-15(19-23-16)14-7-5-4-6-8-14/h4-8,13,22H,9-12H2,1-3H3. The van der Waals surface area contributed by atoms with Crippen LogP contribution in [0.4, 0.5) is 5.13 Å². The van der Waals surface area contributed by atoms with Gasteiger partial charge in [0, 0.05) is 49.3 Å². The number of rotatable bonds is 4. The first kappa shape index (κ1) is 16.4. The molecule has 1 saturated heterocycles. The Morgan fingerprint density at radius 2 is 2.00 bits per heavy atom. The molecule has 1 aromatic heterocycles. The average Bonchev–Trinajstić information content (AvgIpc) is 2.96. The smallest absolute Gasteiger partial charge is 0.205 e. The van der Waals surface area contributed by atoms with Crippen molar-refractivity contribution in [1.29, 1.82) is 0 Å². The molecule has 1 aliphatic heterocycles. The van der Waals surface area contributed by atoms with Crippen molar-refractivity contribution < 1.29 is 5.11 Å². The second-order valence-electron chi connectivity index (χ2n) is 6.86. The third-order valence-corrected chi connectivity index (χ3v) is 4.77. The molecule has 1 aromatic carbocycles. The molecule has 2 heterocycles. The van der Waals surface area contributed by atoms with E-state index in [4.69, 9.17) is 4.98 Å². The number of anilines is 1. The molecule has 23 heavy (non-hydrogen) atoms. The summed E-state index contributed by atoms with van der Waals surface area (Å²) in [5.74, 6) is 0.803. The minimum Gasteiger partial charge on any atom is -0.389 e. The van der Waals surface area contributed by atoms with Crippen molar-refractivity contribution in [1.82, 2.24) is 14.3 Å². The predicted molar refractivity (Wildman–Crippen MR) is 94.9 cm³/mol. The van der Waals surface area contributed by atoms with Crippen LogP contribution in [-0.4, -0.2) is 57.2 Å². The zero-order valence-corrected chi connectivity index (χ0v) is 14.8. The fraction of sp³-hybridized carbons (Fsp3) is 0.529. The van der Waals surface area contributed by atoms with Crippen LogP contribution in [0.1, 0.15) is 20.8 Å². The van der Waals surface area contributed by atoms with Gasteiger partial charge in [-0.1, -0.05) is 30.3 Å². The Hall–Kier alpha value is -1.50. The lowest BCUT2D eigenvalue weighted by molar-refractivity contribution is 0.0308. The minimum absolute atomic E-state index is 0.364. The van der Waals surface area contributed by atoms with Crippen LogP contribution in [0.3, 0.4) is 0 Å². The number of benzene rings is 1. The second-order valence-corrected chi connectivity index (χ2v) is 7.59. The molecule has 0 radical (unpaired) electrons. The Kier molecular flexibility index (Phi) is 4.66. The predicted octanol–water partition coefficient (Wildman–Crippen LogP) is 2.49. The van der Waals surface area contributed by atoms with Gasteiger partial charge in [0.1, 0.15) is 0 Å². The fourth-order valence-electron chi connectivity index (χ4n) is 3.04. The molecule has 0 saturated carbocycles. The Morgan fingerprint density at radius 3 is 2.65 bits per heavy atom. The first-order valence-corrected chi connectivity index (χ1v) is 8.80. The van der Waals surface area contributed by atoms with Crippen LogP contribution in [0, 0.1) is 0 Å². The molecule has 6 heteroatoms. The molecular weight excluding hydrogens is 308 g/mol. The summed E-state index contributed by atoms with van der Waals surface area (Å²) in [5.41, 5.74) is 0.411. The van der Waals surface area contributed by atoms with Gasteiger partial charge in [-0.15, -0.1) is 0 Å². The van der Waals surface area contributed by atoms with E-state index in [1.54, 1.807) is 0 Å². The lowest BCUT2D eigenvalue weighted by Crippen LogP contribution is -2.54. The lowest BCUT2D eigenvalue weighted by Gasteiger charge is -2.41. The number of hydrogen-bond acceptors (Lipinski definition) is 6. The maximum atomic E-state index is 9.99. The molecule has 1 aliphatic rings. The maximum absolute atomic E-state index is 9.99. The normalized spacial score (nSPS) is 20.0. The van der Waals surface area contributed by atoms with E-state index in [-0.39, 0.29) is 0 Å². The summed E-state index contributed by atoms with van der Waals surface area (Å²) < 4.78 is 4.51. The number of aliphatic hydroxyl groups is 1. The third-order valence-electron chi connectivity index (χ3n) is 4.02. The van der Waals surface area contributed by atoms with Crippen molar-refractivity contribution in [3.63, 3.8) is 0 Å². The van der Waals surface area contributed by atoms with Crippen LogP contribution in [-0.2, 0) is 0 Å². The Balaban J connectivity index is 1.68. The zero-order valence-electron chi connectivity index (χ0n) is 13.9. The van der Waals surface area contributed by atoms with Gasteiger partial charge in [0.2, 0.25) is 5.13 Å². The number of β-amino-alcohol motifs (C(OH)–C–C–N with tert-alkyl or cyclic N) is 1. The number of aromatic nitrogens is 2. The van der Waals surface area contributed by atoms with Crippen molar-refractivity contribution in [3.8, 4) is 11.4 Å². The van der Waals surface area contributed by atoms with Gasteiger partial charge in [-0.05, 0) is 20.8 Å². The molecule has 1 N–H and O–H groups in total. The number of nitrogens with zero attached hydrogens (tertiary/aromatic N) is 4. The summed E-state index contributed by atoms with van der Waals surface area (Å²) in [6.45, 7) is 9.43. The first-order valence-electron chi connectivity index (χ1n) is 8.03. The zero-order chi connectivity index (χ0) is 16.4. The number of piperazine rings is 1. The first-order chi connectivity index (χ1) is 10.9. The van der Waals surface area contributed by atoms with Crippen LogP contribution in [0.25, 0.3) is 11.4 Å². The molecule has 2 aromatic rings. The van der Waals surface area contributed by atoms with Crippen molar-refractivity contribution in [2.45, 2.75) is 32.4 Å². The van der Waals surface area contributed by atoms with Gasteiger partial charge < -0.3 is 10.0 Å². The Morgan fingerprint density at radius 1 is 1.26 bits per heavy atom. The van der Waals surface area contributed by atoms with E-state index in [2.05, 4.69) is 21.1 Å². The van der Waals surface area contributed by atoms with E-state index in [0.717, 1.165) is 36.2 Å². The summed E-state index contributed by atoms with van der Waals surface area (Å²) in [7, 11) is 0. The monoisotopic (exact) mass is 332 g/mol. The second kappa shape index (κ2) is 6.55. The highest BCUT2D eigenvalue weighted by Crippen LogP contribution is 2.27. The molecular formula is C17H24N4OS. The minimum atomic E-state index is -0.648. The maximum Gasteiger partial charge on any atom is 0.205 e. The molecule has 3 rings (SSSR count). The summed E-state index contributed by atoms with van der Waals surface area (Å²) in [6, 6.07) is 10.5. The van der Waals surface area contributed by atoms with E-state index in [9.17, 15) is 5.11 Å². The van der Waals surface area contributed by atoms with Crippen LogP contribution in [0.15, 0.2) is 30.3 Å². The van der Waals surface area contributed by atoms with Crippen LogP contribution in [0.5, 0.6) is 0 Å². The SMILES string of the molecule is CC1CN(CC(C)(C)O)CCN1c1nc(-c2ccccc2)ns1. The third kappa shape index (κ3) is 4.07. The topological polar surface area (TPSA) is 52.5 Å². The summed E-state index contributed by atoms with van der Waals surface area (Å²) in [4.78, 5) is 9.36. The molecule has 0 spiro atoms. The highest BCUT2D eigenvalue weighted by Gasteiger charge is 2.29. The molecule has 0 bridgehead atoms. The Labute approximate surface area is 141 Å². The van der Waals surface area contributed by atoms with Crippen LogP contribution < -0.4 is 4.90 Å². The highest BCUT2D eigenvalue weighted by atomic mass is 32.1. The van der Waals surface area contributed by atoms with E-state index < -0.39 is 5.60 Å². The largest absolute Gasteiger partial charge is 0.389 e. The fourth-order valence-corrected chi connectivity index (χ4v) is 3.86. The molecule has 1 fully saturated rings. The van der Waals surface area contributed by atoms with Gasteiger partial charge in [0.25, 0.3) is 0 Å². The molecule has 1 atom stereocenters.